The number of halogens is 4. The van der Waals surface area contributed by atoms with Crippen LogP contribution in [0.4, 0.5) is 8.78 Å². The van der Waals surface area contributed by atoms with Gasteiger partial charge in [-0.05, 0) is 36.2 Å². The molecular weight excluding hydrogens is 291 g/mol. The molecule has 0 heterocycles. The van der Waals surface area contributed by atoms with Crippen molar-refractivity contribution in [2.24, 2.45) is 5.73 Å². The Balaban J connectivity index is 2.25. The predicted octanol–water partition coefficient (Wildman–Crippen LogP) is 4.51. The zero-order valence-electron chi connectivity index (χ0n) is 9.84. The van der Waals surface area contributed by atoms with E-state index in [4.69, 9.17) is 28.9 Å². The molecule has 0 aliphatic heterocycles. The van der Waals surface area contributed by atoms with Crippen molar-refractivity contribution in [1.82, 2.24) is 0 Å². The van der Waals surface area contributed by atoms with Gasteiger partial charge >= 0.3 is 0 Å². The Bertz CT molecular complexity index is 582. The molecule has 0 aromatic heterocycles. The standard InChI is InChI=1S/C14H11Cl2F2N/c15-9-2-1-3-10(16)14(9)13(19)7-8-4-5-11(17)12(18)6-8/h1-6,13H,7,19H2. The van der Waals surface area contributed by atoms with Crippen LogP contribution >= 0.6 is 23.2 Å². The van der Waals surface area contributed by atoms with Crippen molar-refractivity contribution in [1.29, 1.82) is 0 Å². The van der Waals surface area contributed by atoms with Crippen LogP contribution in [0, 0.1) is 11.6 Å². The van der Waals surface area contributed by atoms with Crippen LogP contribution in [0.1, 0.15) is 17.2 Å². The zero-order chi connectivity index (χ0) is 14.0. The average molecular weight is 302 g/mol. The van der Waals surface area contributed by atoms with Crippen LogP contribution in [0.15, 0.2) is 36.4 Å². The maximum absolute atomic E-state index is 13.1. The van der Waals surface area contributed by atoms with E-state index in [2.05, 4.69) is 0 Å². The third-order valence-corrected chi connectivity index (χ3v) is 3.47. The van der Waals surface area contributed by atoms with E-state index in [1.807, 2.05) is 0 Å². The fourth-order valence-electron chi connectivity index (χ4n) is 1.89. The van der Waals surface area contributed by atoms with Gasteiger partial charge in [-0.25, -0.2) is 8.78 Å². The topological polar surface area (TPSA) is 26.0 Å². The van der Waals surface area contributed by atoms with E-state index in [0.717, 1.165) is 12.1 Å². The van der Waals surface area contributed by atoms with E-state index < -0.39 is 17.7 Å². The number of benzene rings is 2. The molecule has 0 radical (unpaired) electrons. The van der Waals surface area contributed by atoms with Gasteiger partial charge in [0.25, 0.3) is 0 Å². The number of rotatable bonds is 3. The van der Waals surface area contributed by atoms with Crippen LogP contribution in [0.5, 0.6) is 0 Å². The predicted molar refractivity (Wildman–Crippen MR) is 73.5 cm³/mol. The summed E-state index contributed by atoms with van der Waals surface area (Å²) in [6.07, 6.45) is 0.320. The second-order valence-corrected chi connectivity index (χ2v) is 5.01. The van der Waals surface area contributed by atoms with Crippen LogP contribution in [0.25, 0.3) is 0 Å². The van der Waals surface area contributed by atoms with E-state index in [0.29, 0.717) is 27.6 Å². The second-order valence-electron chi connectivity index (χ2n) is 4.19. The lowest BCUT2D eigenvalue weighted by molar-refractivity contribution is 0.506. The van der Waals surface area contributed by atoms with E-state index in [1.54, 1.807) is 18.2 Å². The molecule has 0 bridgehead atoms. The van der Waals surface area contributed by atoms with Crippen molar-refractivity contribution < 1.29 is 8.78 Å². The molecule has 2 aromatic carbocycles. The summed E-state index contributed by atoms with van der Waals surface area (Å²) in [7, 11) is 0. The summed E-state index contributed by atoms with van der Waals surface area (Å²) in [5, 5.41) is 0.921. The quantitative estimate of drug-likeness (QED) is 0.886. The van der Waals surface area contributed by atoms with Gasteiger partial charge in [-0.3, -0.25) is 0 Å². The van der Waals surface area contributed by atoms with Crippen LogP contribution in [-0.4, -0.2) is 0 Å². The van der Waals surface area contributed by atoms with Crippen molar-refractivity contribution in [3.63, 3.8) is 0 Å². The van der Waals surface area contributed by atoms with Crippen LogP contribution in [0.3, 0.4) is 0 Å². The highest BCUT2D eigenvalue weighted by atomic mass is 35.5. The molecule has 0 fully saturated rings. The Morgan fingerprint density at radius 3 is 2.21 bits per heavy atom. The molecule has 100 valence electrons. The van der Waals surface area contributed by atoms with Crippen molar-refractivity contribution >= 4 is 23.2 Å². The summed E-state index contributed by atoms with van der Waals surface area (Å²) in [5.41, 5.74) is 7.22. The summed E-state index contributed by atoms with van der Waals surface area (Å²) < 4.78 is 26.0. The van der Waals surface area contributed by atoms with E-state index in [1.165, 1.54) is 6.07 Å². The molecule has 19 heavy (non-hydrogen) atoms. The van der Waals surface area contributed by atoms with Gasteiger partial charge in [0.15, 0.2) is 11.6 Å². The third kappa shape index (κ3) is 3.24. The van der Waals surface area contributed by atoms with Crippen molar-refractivity contribution in [3.8, 4) is 0 Å². The molecule has 2 N–H and O–H groups in total. The second kappa shape index (κ2) is 5.87. The summed E-state index contributed by atoms with van der Waals surface area (Å²) >= 11 is 12.1. The van der Waals surface area contributed by atoms with Crippen molar-refractivity contribution in [2.75, 3.05) is 0 Å². The molecule has 0 aliphatic rings. The molecule has 0 amide bonds. The third-order valence-electron chi connectivity index (χ3n) is 2.81. The Kier molecular flexibility index (Phi) is 4.40. The van der Waals surface area contributed by atoms with Gasteiger partial charge in [0.2, 0.25) is 0 Å². The van der Waals surface area contributed by atoms with Crippen LogP contribution in [-0.2, 0) is 6.42 Å². The Morgan fingerprint density at radius 2 is 1.63 bits per heavy atom. The minimum absolute atomic E-state index is 0.320. The van der Waals surface area contributed by atoms with E-state index in [9.17, 15) is 8.78 Å². The van der Waals surface area contributed by atoms with Crippen molar-refractivity contribution in [2.45, 2.75) is 12.5 Å². The lowest BCUT2D eigenvalue weighted by Crippen LogP contribution is -2.14. The summed E-state index contributed by atoms with van der Waals surface area (Å²) in [4.78, 5) is 0. The molecular formula is C14H11Cl2F2N. The summed E-state index contributed by atoms with van der Waals surface area (Å²) in [6.45, 7) is 0. The minimum atomic E-state index is -0.894. The molecule has 0 aliphatic carbocycles. The van der Waals surface area contributed by atoms with E-state index in [-0.39, 0.29) is 0 Å². The molecule has 1 atom stereocenters. The largest absolute Gasteiger partial charge is 0.324 e. The summed E-state index contributed by atoms with van der Waals surface area (Å²) in [5.74, 6) is -1.77. The van der Waals surface area contributed by atoms with Crippen molar-refractivity contribution in [3.05, 3.63) is 69.2 Å². The fraction of sp³-hybridized carbons (Fsp3) is 0.143. The van der Waals surface area contributed by atoms with E-state index >= 15 is 0 Å². The molecule has 0 spiro atoms. The number of hydrogen-bond acceptors (Lipinski definition) is 1. The SMILES string of the molecule is NC(Cc1ccc(F)c(F)c1)c1c(Cl)cccc1Cl. The van der Waals surface area contributed by atoms with Crippen LogP contribution < -0.4 is 5.73 Å². The lowest BCUT2D eigenvalue weighted by Gasteiger charge is -2.15. The molecule has 1 unspecified atom stereocenters. The first-order valence-corrected chi connectivity index (χ1v) is 6.38. The highest BCUT2D eigenvalue weighted by molar-refractivity contribution is 6.36. The monoisotopic (exact) mass is 301 g/mol. The van der Waals surface area contributed by atoms with Gasteiger partial charge in [0.05, 0.1) is 0 Å². The maximum Gasteiger partial charge on any atom is 0.159 e. The number of nitrogens with two attached hydrogens (primary N) is 1. The number of hydrogen-bond donors (Lipinski definition) is 1. The van der Waals surface area contributed by atoms with Gasteiger partial charge in [-0.15, -0.1) is 0 Å². The highest BCUT2D eigenvalue weighted by Crippen LogP contribution is 2.30. The summed E-state index contributed by atoms with van der Waals surface area (Å²) in [6, 6.07) is 8.31. The molecule has 0 saturated heterocycles. The Labute approximate surface area is 119 Å². The molecule has 2 aromatic rings. The lowest BCUT2D eigenvalue weighted by atomic mass is 9.99. The first-order valence-electron chi connectivity index (χ1n) is 5.62. The molecule has 0 saturated carbocycles. The minimum Gasteiger partial charge on any atom is -0.324 e. The van der Waals surface area contributed by atoms with Gasteiger partial charge in [-0.2, -0.15) is 0 Å². The van der Waals surface area contributed by atoms with Crippen LogP contribution in [0.2, 0.25) is 10.0 Å². The molecule has 1 nitrogen and oxygen atoms in total. The zero-order valence-corrected chi connectivity index (χ0v) is 11.3. The average Bonchev–Trinajstić information content (AvgIpc) is 2.33. The first kappa shape index (κ1) is 14.3. The van der Waals surface area contributed by atoms with Gasteiger partial charge in [0.1, 0.15) is 0 Å². The molecule has 5 heteroatoms. The Morgan fingerprint density at radius 1 is 1.00 bits per heavy atom. The van der Waals surface area contributed by atoms with Gasteiger partial charge in [0, 0.05) is 21.7 Å². The Hall–Kier alpha value is -1.16. The normalized spacial score (nSPS) is 12.5. The first-order chi connectivity index (χ1) is 8.99. The van der Waals surface area contributed by atoms with Gasteiger partial charge in [-0.1, -0.05) is 35.3 Å². The van der Waals surface area contributed by atoms with Gasteiger partial charge < -0.3 is 5.73 Å². The highest BCUT2D eigenvalue weighted by Gasteiger charge is 2.15. The maximum atomic E-state index is 13.1. The smallest absolute Gasteiger partial charge is 0.159 e. The fourth-order valence-corrected chi connectivity index (χ4v) is 2.57. The molecule has 2 rings (SSSR count).